The van der Waals surface area contributed by atoms with Crippen molar-refractivity contribution in [3.63, 3.8) is 0 Å². The lowest BCUT2D eigenvalue weighted by molar-refractivity contribution is -0.118. The molecule has 124 valence electrons. The molecule has 2 heterocycles. The van der Waals surface area contributed by atoms with E-state index in [4.69, 9.17) is 0 Å². The average molecular weight is 343 g/mol. The van der Waals surface area contributed by atoms with Crippen molar-refractivity contribution in [1.29, 1.82) is 0 Å². The van der Waals surface area contributed by atoms with Gasteiger partial charge >= 0.3 is 0 Å². The van der Waals surface area contributed by atoms with E-state index in [0.29, 0.717) is 11.7 Å². The van der Waals surface area contributed by atoms with E-state index in [1.165, 1.54) is 18.1 Å². The van der Waals surface area contributed by atoms with Gasteiger partial charge in [0, 0.05) is 13.0 Å². The number of aromatic amines is 1. The van der Waals surface area contributed by atoms with Gasteiger partial charge in [0.2, 0.25) is 11.1 Å². The summed E-state index contributed by atoms with van der Waals surface area (Å²) in [6.45, 7) is 2.41. The number of hydrogen-bond acceptors (Lipinski definition) is 6. The van der Waals surface area contributed by atoms with Crippen LogP contribution < -0.4 is 5.32 Å². The molecule has 0 spiro atoms. The van der Waals surface area contributed by atoms with E-state index in [1.54, 1.807) is 11.0 Å². The molecule has 0 fully saturated rings. The first-order chi connectivity index (χ1) is 11.8. The Morgan fingerprint density at radius 2 is 2.25 bits per heavy atom. The van der Waals surface area contributed by atoms with Gasteiger partial charge in [-0.2, -0.15) is 5.10 Å². The Morgan fingerprint density at radius 3 is 3.00 bits per heavy atom. The molecule has 2 N–H and O–H groups in total. The number of para-hydroxylation sites is 1. The molecule has 2 aromatic heterocycles. The lowest BCUT2D eigenvalue weighted by Crippen LogP contribution is -2.25. The quantitative estimate of drug-likeness (QED) is 0.628. The number of rotatable bonds is 7. The van der Waals surface area contributed by atoms with Crippen molar-refractivity contribution in [2.75, 3.05) is 5.75 Å². The van der Waals surface area contributed by atoms with Gasteiger partial charge in [0.05, 0.1) is 11.4 Å². The van der Waals surface area contributed by atoms with Crippen LogP contribution in [0.2, 0.25) is 0 Å². The Balaban J connectivity index is 1.55. The van der Waals surface area contributed by atoms with Gasteiger partial charge in [-0.3, -0.25) is 9.89 Å². The van der Waals surface area contributed by atoms with E-state index >= 15 is 0 Å². The minimum absolute atomic E-state index is 0.0729. The predicted octanol–water partition coefficient (Wildman–Crippen LogP) is 1.36. The third-order valence-corrected chi connectivity index (χ3v) is 4.16. The molecule has 9 heteroatoms. The van der Waals surface area contributed by atoms with Crippen molar-refractivity contribution in [1.82, 2.24) is 35.3 Å². The van der Waals surface area contributed by atoms with Crippen LogP contribution in [-0.4, -0.2) is 41.6 Å². The monoisotopic (exact) mass is 343 g/mol. The predicted molar refractivity (Wildman–Crippen MR) is 89.7 cm³/mol. The topological polar surface area (TPSA) is 101 Å². The van der Waals surface area contributed by atoms with E-state index < -0.39 is 0 Å². The molecule has 1 aromatic carbocycles. The smallest absolute Gasteiger partial charge is 0.230 e. The van der Waals surface area contributed by atoms with Gasteiger partial charge in [-0.15, -0.1) is 5.10 Å². The fraction of sp³-hybridized carbons (Fsp3) is 0.267. The number of aromatic nitrogens is 6. The van der Waals surface area contributed by atoms with Crippen molar-refractivity contribution in [3.05, 3.63) is 48.3 Å². The number of aryl methyl sites for hydroxylation is 1. The van der Waals surface area contributed by atoms with Crippen LogP contribution in [0.15, 0.2) is 42.1 Å². The molecule has 0 radical (unpaired) electrons. The molecule has 0 aliphatic carbocycles. The number of carbonyl (C=O) groups is 1. The van der Waals surface area contributed by atoms with Crippen LogP contribution in [0, 0.1) is 0 Å². The van der Waals surface area contributed by atoms with Gasteiger partial charge in [0.1, 0.15) is 18.5 Å². The number of thioether (sulfide) groups is 1. The summed E-state index contributed by atoms with van der Waals surface area (Å²) in [6, 6.07) is 7.74. The lowest BCUT2D eigenvalue weighted by atomic mass is 10.2. The largest absolute Gasteiger partial charge is 0.351 e. The van der Waals surface area contributed by atoms with E-state index in [1.807, 2.05) is 31.2 Å². The highest BCUT2D eigenvalue weighted by atomic mass is 32.2. The second-order valence-corrected chi connectivity index (χ2v) is 5.89. The Kier molecular flexibility index (Phi) is 5.22. The summed E-state index contributed by atoms with van der Waals surface area (Å²) in [4.78, 5) is 20.2. The van der Waals surface area contributed by atoms with Gasteiger partial charge in [0.15, 0.2) is 0 Å². The van der Waals surface area contributed by atoms with Gasteiger partial charge in [0.25, 0.3) is 0 Å². The maximum absolute atomic E-state index is 12.0. The summed E-state index contributed by atoms with van der Waals surface area (Å²) >= 11 is 1.31. The first-order valence-electron chi connectivity index (χ1n) is 7.50. The number of nitrogens with zero attached hydrogens (tertiary/aromatic N) is 5. The number of nitrogens with one attached hydrogen (secondary N) is 2. The highest BCUT2D eigenvalue weighted by Crippen LogP contribution is 2.14. The number of hydrogen-bond donors (Lipinski definition) is 2. The average Bonchev–Trinajstić information content (AvgIpc) is 3.30. The molecule has 0 saturated carbocycles. The van der Waals surface area contributed by atoms with Crippen LogP contribution >= 0.6 is 11.8 Å². The third kappa shape index (κ3) is 3.99. The molecule has 0 unspecified atom stereocenters. The summed E-state index contributed by atoms with van der Waals surface area (Å²) in [6.07, 6.45) is 3.90. The van der Waals surface area contributed by atoms with E-state index in [9.17, 15) is 4.79 Å². The van der Waals surface area contributed by atoms with Crippen LogP contribution in [0.1, 0.15) is 18.3 Å². The SMILES string of the molecule is CCc1nc(SCC(=O)NCc2ccccc2-n2cncn2)n[nH]1. The van der Waals surface area contributed by atoms with Crippen LogP contribution in [-0.2, 0) is 17.8 Å². The first-order valence-corrected chi connectivity index (χ1v) is 8.48. The second kappa shape index (κ2) is 7.73. The van der Waals surface area contributed by atoms with Crippen molar-refractivity contribution < 1.29 is 4.79 Å². The molecule has 0 bridgehead atoms. The molecule has 3 aromatic rings. The molecular weight excluding hydrogens is 326 g/mol. The maximum Gasteiger partial charge on any atom is 0.230 e. The molecule has 8 nitrogen and oxygen atoms in total. The minimum Gasteiger partial charge on any atom is -0.351 e. The standard InChI is InChI=1S/C15H17N7OS/c1-2-13-19-15(21-20-13)24-8-14(23)17-7-11-5-3-4-6-12(11)22-10-16-9-18-22/h3-6,9-10H,2,7-8H2,1H3,(H,17,23)(H,19,20,21). The fourth-order valence-corrected chi connectivity index (χ4v) is 2.74. The highest BCUT2D eigenvalue weighted by Gasteiger charge is 2.09. The highest BCUT2D eigenvalue weighted by molar-refractivity contribution is 7.99. The van der Waals surface area contributed by atoms with Crippen molar-refractivity contribution in [2.24, 2.45) is 0 Å². The number of carbonyl (C=O) groups excluding carboxylic acids is 1. The normalized spacial score (nSPS) is 10.7. The van der Waals surface area contributed by atoms with E-state index in [-0.39, 0.29) is 11.7 Å². The first kappa shape index (κ1) is 16.2. The molecule has 0 aliphatic heterocycles. The summed E-state index contributed by atoms with van der Waals surface area (Å²) in [7, 11) is 0. The zero-order valence-electron chi connectivity index (χ0n) is 13.1. The zero-order chi connectivity index (χ0) is 16.8. The molecule has 24 heavy (non-hydrogen) atoms. The summed E-state index contributed by atoms with van der Waals surface area (Å²) in [5.41, 5.74) is 1.86. The molecular formula is C15H17N7OS. The van der Waals surface area contributed by atoms with Gasteiger partial charge in [-0.25, -0.2) is 14.6 Å². The Bertz CT molecular complexity index is 800. The minimum atomic E-state index is -0.0729. The van der Waals surface area contributed by atoms with Crippen LogP contribution in [0.25, 0.3) is 5.69 Å². The molecule has 1 amide bonds. The van der Waals surface area contributed by atoms with Crippen LogP contribution in [0.4, 0.5) is 0 Å². The zero-order valence-corrected chi connectivity index (χ0v) is 14.0. The molecule has 0 atom stereocenters. The number of H-pyrrole nitrogens is 1. The van der Waals surface area contributed by atoms with Gasteiger partial charge in [-0.05, 0) is 11.6 Å². The summed E-state index contributed by atoms with van der Waals surface area (Å²) in [5, 5.41) is 14.5. The van der Waals surface area contributed by atoms with Gasteiger partial charge in [-0.1, -0.05) is 36.9 Å². The fourth-order valence-electron chi connectivity index (χ4n) is 2.09. The van der Waals surface area contributed by atoms with Crippen LogP contribution in [0.3, 0.4) is 0 Å². The Hall–Kier alpha value is -2.68. The van der Waals surface area contributed by atoms with Crippen molar-refractivity contribution in [2.45, 2.75) is 25.0 Å². The molecule has 3 rings (SSSR count). The molecule has 0 saturated heterocycles. The maximum atomic E-state index is 12.0. The Morgan fingerprint density at radius 1 is 1.38 bits per heavy atom. The second-order valence-electron chi connectivity index (χ2n) is 4.95. The van der Waals surface area contributed by atoms with Crippen molar-refractivity contribution in [3.8, 4) is 5.69 Å². The van der Waals surface area contributed by atoms with E-state index in [2.05, 4.69) is 30.6 Å². The third-order valence-electron chi connectivity index (χ3n) is 3.31. The lowest BCUT2D eigenvalue weighted by Gasteiger charge is -2.10. The van der Waals surface area contributed by atoms with Gasteiger partial charge < -0.3 is 5.32 Å². The Labute approximate surface area is 143 Å². The van der Waals surface area contributed by atoms with Crippen molar-refractivity contribution >= 4 is 17.7 Å². The number of benzene rings is 1. The summed E-state index contributed by atoms with van der Waals surface area (Å²) in [5.74, 6) is 1.02. The summed E-state index contributed by atoms with van der Waals surface area (Å²) < 4.78 is 1.68. The number of amides is 1. The molecule has 0 aliphatic rings. The van der Waals surface area contributed by atoms with E-state index in [0.717, 1.165) is 23.5 Å². The van der Waals surface area contributed by atoms with Crippen LogP contribution in [0.5, 0.6) is 0 Å².